The van der Waals surface area contributed by atoms with E-state index in [0.29, 0.717) is 16.3 Å². The molecular weight excluding hydrogens is 311 g/mol. The summed E-state index contributed by atoms with van der Waals surface area (Å²) < 4.78 is 5.18. The molecule has 0 aliphatic carbocycles. The lowest BCUT2D eigenvalue weighted by molar-refractivity contribution is 0.0955. The first-order valence-corrected chi connectivity index (χ1v) is 6.79. The van der Waals surface area contributed by atoms with Gasteiger partial charge in [-0.25, -0.2) is 5.43 Å². The van der Waals surface area contributed by atoms with E-state index < -0.39 is 5.91 Å². The predicted molar refractivity (Wildman–Crippen MR) is 84.5 cm³/mol. The van der Waals surface area contributed by atoms with Gasteiger partial charge >= 0.3 is 0 Å². The van der Waals surface area contributed by atoms with Crippen LogP contribution in [-0.2, 0) is 0 Å². The first kappa shape index (κ1) is 15.4. The van der Waals surface area contributed by atoms with Crippen LogP contribution in [0.5, 0.6) is 5.75 Å². The number of hydrogen-bond donors (Lipinski definition) is 1. The summed E-state index contributed by atoms with van der Waals surface area (Å²) in [5.74, 6) is 0.253. The van der Waals surface area contributed by atoms with Crippen molar-refractivity contribution in [2.45, 2.75) is 0 Å². The van der Waals surface area contributed by atoms with Gasteiger partial charge in [0, 0.05) is 10.6 Å². The normalized spacial score (nSPS) is 10.6. The molecule has 0 aliphatic rings. The molecule has 0 bridgehead atoms. The van der Waals surface area contributed by atoms with Crippen molar-refractivity contribution in [3.63, 3.8) is 0 Å². The van der Waals surface area contributed by atoms with Crippen LogP contribution in [0.1, 0.15) is 15.9 Å². The third-order valence-corrected chi connectivity index (χ3v) is 3.23. The Hall–Kier alpha value is -2.04. The fourth-order valence-corrected chi connectivity index (χ4v) is 2.16. The number of nitrogens with zero attached hydrogens (tertiary/aromatic N) is 1. The predicted octanol–water partition coefficient (Wildman–Crippen LogP) is 3.77. The van der Waals surface area contributed by atoms with E-state index in [1.807, 2.05) is 18.2 Å². The van der Waals surface area contributed by atoms with Crippen LogP contribution in [0.25, 0.3) is 0 Å². The Morgan fingerprint density at radius 3 is 2.71 bits per heavy atom. The maximum Gasteiger partial charge on any atom is 0.272 e. The number of benzene rings is 2. The molecule has 2 aromatic carbocycles. The molecule has 0 heterocycles. The maximum atomic E-state index is 11.9. The van der Waals surface area contributed by atoms with Crippen LogP contribution in [0.15, 0.2) is 47.6 Å². The second-order valence-corrected chi connectivity index (χ2v) is 4.91. The van der Waals surface area contributed by atoms with Crippen LogP contribution in [0.3, 0.4) is 0 Å². The first-order valence-electron chi connectivity index (χ1n) is 6.03. The van der Waals surface area contributed by atoms with Gasteiger partial charge in [0.25, 0.3) is 5.91 Å². The highest BCUT2D eigenvalue weighted by atomic mass is 35.5. The van der Waals surface area contributed by atoms with Gasteiger partial charge in [0.2, 0.25) is 0 Å². The smallest absolute Gasteiger partial charge is 0.272 e. The molecule has 0 radical (unpaired) electrons. The molecule has 1 amide bonds. The molecule has 0 aromatic heterocycles. The zero-order valence-electron chi connectivity index (χ0n) is 11.1. The van der Waals surface area contributed by atoms with Gasteiger partial charge in [-0.05, 0) is 30.3 Å². The second-order valence-electron chi connectivity index (χ2n) is 4.07. The number of halogens is 2. The zero-order chi connectivity index (χ0) is 15.2. The zero-order valence-corrected chi connectivity index (χ0v) is 12.7. The van der Waals surface area contributed by atoms with E-state index in [1.165, 1.54) is 12.3 Å². The maximum absolute atomic E-state index is 11.9. The van der Waals surface area contributed by atoms with Crippen LogP contribution >= 0.6 is 23.2 Å². The first-order chi connectivity index (χ1) is 10.1. The van der Waals surface area contributed by atoms with Crippen molar-refractivity contribution in [3.8, 4) is 5.75 Å². The lowest BCUT2D eigenvalue weighted by Gasteiger charge is -2.04. The SMILES string of the molecule is COc1ccccc1/C=N\NC(=O)c1ccc(Cl)cc1Cl. The molecule has 0 saturated carbocycles. The van der Waals surface area contributed by atoms with Gasteiger partial charge in [0.1, 0.15) is 5.75 Å². The molecule has 0 atom stereocenters. The number of hydrazone groups is 1. The molecule has 21 heavy (non-hydrogen) atoms. The second kappa shape index (κ2) is 7.11. The van der Waals surface area contributed by atoms with Gasteiger partial charge in [0.15, 0.2) is 0 Å². The lowest BCUT2D eigenvalue weighted by Crippen LogP contribution is -2.18. The van der Waals surface area contributed by atoms with E-state index in [1.54, 1.807) is 25.3 Å². The molecule has 0 aliphatic heterocycles. The Kier molecular flexibility index (Phi) is 5.20. The lowest BCUT2D eigenvalue weighted by atomic mass is 10.2. The van der Waals surface area contributed by atoms with Gasteiger partial charge in [-0.2, -0.15) is 5.10 Å². The molecule has 1 N–H and O–H groups in total. The van der Waals surface area contributed by atoms with Crippen LogP contribution in [0.4, 0.5) is 0 Å². The summed E-state index contributed by atoms with van der Waals surface area (Å²) in [6.45, 7) is 0. The minimum Gasteiger partial charge on any atom is -0.496 e. The van der Waals surface area contributed by atoms with Crippen LogP contribution in [-0.4, -0.2) is 19.2 Å². The van der Waals surface area contributed by atoms with E-state index in [-0.39, 0.29) is 5.02 Å². The van der Waals surface area contributed by atoms with Crippen LogP contribution < -0.4 is 10.2 Å². The average Bonchev–Trinajstić information content (AvgIpc) is 2.47. The van der Waals surface area contributed by atoms with Gasteiger partial charge in [-0.15, -0.1) is 0 Å². The molecule has 0 fully saturated rings. The summed E-state index contributed by atoms with van der Waals surface area (Å²) in [4.78, 5) is 11.9. The Balaban J connectivity index is 2.08. The third kappa shape index (κ3) is 3.97. The van der Waals surface area contributed by atoms with Crippen molar-refractivity contribution < 1.29 is 9.53 Å². The highest BCUT2D eigenvalue weighted by Gasteiger charge is 2.09. The number of nitrogens with one attached hydrogen (secondary N) is 1. The molecular formula is C15H12Cl2N2O2. The molecule has 0 saturated heterocycles. The summed E-state index contributed by atoms with van der Waals surface area (Å²) in [6.07, 6.45) is 1.50. The van der Waals surface area contributed by atoms with Gasteiger partial charge in [-0.1, -0.05) is 35.3 Å². The Morgan fingerprint density at radius 2 is 2.00 bits per heavy atom. The van der Waals surface area contributed by atoms with Crippen molar-refractivity contribution >= 4 is 35.3 Å². The number of hydrogen-bond acceptors (Lipinski definition) is 3. The number of amides is 1. The van der Waals surface area contributed by atoms with Crippen molar-refractivity contribution in [2.75, 3.05) is 7.11 Å². The van der Waals surface area contributed by atoms with Gasteiger partial charge in [0.05, 0.1) is 23.9 Å². The number of carbonyl (C=O) groups excluding carboxylic acids is 1. The largest absolute Gasteiger partial charge is 0.496 e. The highest BCUT2D eigenvalue weighted by Crippen LogP contribution is 2.20. The fraction of sp³-hybridized carbons (Fsp3) is 0.0667. The topological polar surface area (TPSA) is 50.7 Å². The number of ether oxygens (including phenoxy) is 1. The Bertz CT molecular complexity index is 687. The van der Waals surface area contributed by atoms with Crippen molar-refractivity contribution in [2.24, 2.45) is 5.10 Å². The minimum absolute atomic E-state index is 0.271. The monoisotopic (exact) mass is 322 g/mol. The van der Waals surface area contributed by atoms with Gasteiger partial charge in [-0.3, -0.25) is 4.79 Å². The van der Waals surface area contributed by atoms with Crippen LogP contribution in [0.2, 0.25) is 10.0 Å². The Morgan fingerprint density at radius 1 is 1.24 bits per heavy atom. The van der Waals surface area contributed by atoms with Gasteiger partial charge < -0.3 is 4.74 Å². The third-order valence-electron chi connectivity index (χ3n) is 2.68. The molecule has 108 valence electrons. The van der Waals surface area contributed by atoms with E-state index in [2.05, 4.69) is 10.5 Å². The minimum atomic E-state index is -0.414. The number of methoxy groups -OCH3 is 1. The average molecular weight is 323 g/mol. The molecule has 0 spiro atoms. The van der Waals surface area contributed by atoms with Crippen molar-refractivity contribution in [1.82, 2.24) is 5.43 Å². The summed E-state index contributed by atoms with van der Waals surface area (Å²) in [5.41, 5.74) is 3.46. The molecule has 4 nitrogen and oxygen atoms in total. The molecule has 2 aromatic rings. The number of carbonyl (C=O) groups is 1. The summed E-state index contributed by atoms with van der Waals surface area (Å²) in [7, 11) is 1.57. The van der Waals surface area contributed by atoms with E-state index in [0.717, 1.165) is 5.56 Å². The fourth-order valence-electron chi connectivity index (χ4n) is 1.67. The van der Waals surface area contributed by atoms with E-state index in [4.69, 9.17) is 27.9 Å². The summed E-state index contributed by atoms with van der Waals surface area (Å²) in [5, 5.41) is 4.63. The highest BCUT2D eigenvalue weighted by molar-refractivity contribution is 6.36. The molecule has 2 rings (SSSR count). The van der Waals surface area contributed by atoms with E-state index >= 15 is 0 Å². The quantitative estimate of drug-likeness (QED) is 0.688. The molecule has 0 unspecified atom stereocenters. The summed E-state index contributed by atoms with van der Waals surface area (Å²) >= 11 is 11.7. The standard InChI is InChI=1S/C15H12Cl2N2O2/c1-21-14-5-3-2-4-10(14)9-18-19-15(20)12-7-6-11(16)8-13(12)17/h2-9H,1H3,(H,19,20)/b18-9-. The van der Waals surface area contributed by atoms with Crippen molar-refractivity contribution in [3.05, 3.63) is 63.6 Å². The van der Waals surface area contributed by atoms with Crippen molar-refractivity contribution in [1.29, 1.82) is 0 Å². The number of rotatable bonds is 4. The Labute approximate surface area is 132 Å². The molecule has 6 heteroatoms. The van der Waals surface area contributed by atoms with Crippen LogP contribution in [0, 0.1) is 0 Å². The van der Waals surface area contributed by atoms with E-state index in [9.17, 15) is 4.79 Å². The number of para-hydroxylation sites is 1. The summed E-state index contributed by atoms with van der Waals surface area (Å²) in [6, 6.07) is 12.0.